The number of aryl methyl sites for hydroxylation is 1. The zero-order valence-electron chi connectivity index (χ0n) is 8.17. The average molecular weight is 271 g/mol. The molecule has 1 aromatic heterocycles. The predicted molar refractivity (Wildman–Crippen MR) is 54.4 cm³/mol. The van der Waals surface area contributed by atoms with Crippen LogP contribution in [0.15, 0.2) is 4.34 Å². The number of aromatic nitrogens is 2. The highest BCUT2D eigenvalue weighted by Gasteiger charge is 2.27. The van der Waals surface area contributed by atoms with Crippen molar-refractivity contribution >= 4 is 29.0 Å². The lowest BCUT2D eigenvalue weighted by molar-refractivity contribution is -0.136. The van der Waals surface area contributed by atoms with E-state index >= 15 is 0 Å². The summed E-state index contributed by atoms with van der Waals surface area (Å²) in [5.74, 6) is -0.764. The number of halogens is 3. The van der Waals surface area contributed by atoms with Crippen molar-refractivity contribution in [3.8, 4) is 0 Å². The third-order valence-corrected chi connectivity index (χ3v) is 3.29. The van der Waals surface area contributed by atoms with Crippen LogP contribution in [0.3, 0.4) is 0 Å². The molecule has 0 fully saturated rings. The molecule has 1 aromatic rings. The van der Waals surface area contributed by atoms with E-state index in [0.717, 1.165) is 16.8 Å². The predicted octanol–water partition coefficient (Wildman–Crippen LogP) is 1.62. The minimum absolute atomic E-state index is 0.0925. The molecule has 0 aliphatic carbocycles. The Morgan fingerprint density at radius 3 is 2.69 bits per heavy atom. The Labute approximate surface area is 97.6 Å². The van der Waals surface area contributed by atoms with Crippen molar-refractivity contribution in [2.45, 2.75) is 17.4 Å². The summed E-state index contributed by atoms with van der Waals surface area (Å²) in [4.78, 5) is 11.0. The first kappa shape index (κ1) is 13.2. The van der Waals surface area contributed by atoms with Gasteiger partial charge in [0.1, 0.15) is 11.6 Å². The molecule has 1 heterocycles. The van der Waals surface area contributed by atoms with E-state index in [9.17, 15) is 18.0 Å². The molecule has 0 saturated heterocycles. The third-order valence-electron chi connectivity index (χ3n) is 1.32. The highest BCUT2D eigenvalue weighted by atomic mass is 32.2. The van der Waals surface area contributed by atoms with Gasteiger partial charge in [-0.15, -0.1) is 10.2 Å². The molecule has 1 rings (SSSR count). The molecule has 1 N–H and O–H groups in total. The van der Waals surface area contributed by atoms with Crippen LogP contribution in [0.4, 0.5) is 13.2 Å². The molecule has 9 heteroatoms. The number of thioether (sulfide) groups is 1. The van der Waals surface area contributed by atoms with Crippen molar-refractivity contribution in [3.63, 3.8) is 0 Å². The first-order valence-electron chi connectivity index (χ1n) is 4.13. The zero-order chi connectivity index (χ0) is 12.2. The van der Waals surface area contributed by atoms with Gasteiger partial charge >= 0.3 is 6.18 Å². The van der Waals surface area contributed by atoms with Crippen LogP contribution in [0.1, 0.15) is 5.01 Å². The quantitative estimate of drug-likeness (QED) is 0.845. The van der Waals surface area contributed by atoms with Crippen molar-refractivity contribution < 1.29 is 18.0 Å². The number of alkyl halides is 3. The first-order valence-corrected chi connectivity index (χ1v) is 5.93. The molecule has 4 nitrogen and oxygen atoms in total. The van der Waals surface area contributed by atoms with Gasteiger partial charge in [0, 0.05) is 0 Å². The summed E-state index contributed by atoms with van der Waals surface area (Å²) in [6.07, 6.45) is -4.38. The minimum Gasteiger partial charge on any atom is -0.346 e. The van der Waals surface area contributed by atoms with Gasteiger partial charge in [0.05, 0.1) is 5.75 Å². The largest absolute Gasteiger partial charge is 0.405 e. The van der Waals surface area contributed by atoms with Gasteiger partial charge in [-0.2, -0.15) is 13.2 Å². The van der Waals surface area contributed by atoms with Crippen LogP contribution in [0.5, 0.6) is 0 Å². The number of nitrogens with one attached hydrogen (secondary N) is 1. The fraction of sp³-hybridized carbons (Fsp3) is 0.571. The summed E-state index contributed by atoms with van der Waals surface area (Å²) < 4.78 is 35.8. The Morgan fingerprint density at radius 1 is 1.50 bits per heavy atom. The summed E-state index contributed by atoms with van der Waals surface area (Å²) in [6.45, 7) is 0.451. The molecule has 0 saturated carbocycles. The van der Waals surface area contributed by atoms with Crippen LogP contribution >= 0.6 is 23.1 Å². The van der Waals surface area contributed by atoms with Gasteiger partial charge in [0.15, 0.2) is 4.34 Å². The summed E-state index contributed by atoms with van der Waals surface area (Å²) in [6, 6.07) is 0. The second-order valence-electron chi connectivity index (χ2n) is 2.77. The molecule has 0 radical (unpaired) electrons. The first-order chi connectivity index (χ1) is 7.37. The minimum atomic E-state index is -4.38. The van der Waals surface area contributed by atoms with Gasteiger partial charge < -0.3 is 5.32 Å². The van der Waals surface area contributed by atoms with E-state index in [0.29, 0.717) is 4.34 Å². The molecular formula is C7H8F3N3OS2. The van der Waals surface area contributed by atoms with E-state index in [2.05, 4.69) is 10.2 Å². The lowest BCUT2D eigenvalue weighted by Gasteiger charge is -2.07. The molecule has 0 aromatic carbocycles. The maximum atomic E-state index is 11.7. The summed E-state index contributed by atoms with van der Waals surface area (Å²) >= 11 is 2.36. The number of hydrogen-bond donors (Lipinski definition) is 1. The Kier molecular flexibility index (Phi) is 4.54. The standard InChI is InChI=1S/C7H8F3N3OS2/c1-4-12-13-6(16-4)15-2-5(14)11-3-7(8,9)10/h2-3H2,1H3,(H,11,14). The fourth-order valence-electron chi connectivity index (χ4n) is 0.714. The summed E-state index contributed by atoms with van der Waals surface area (Å²) in [5, 5.41) is 9.96. The van der Waals surface area contributed by atoms with E-state index < -0.39 is 18.6 Å². The van der Waals surface area contributed by atoms with E-state index in [1.54, 1.807) is 12.2 Å². The van der Waals surface area contributed by atoms with Crippen LogP contribution in [-0.2, 0) is 4.79 Å². The molecule has 0 spiro atoms. The second-order valence-corrected chi connectivity index (χ2v) is 5.17. The van der Waals surface area contributed by atoms with Gasteiger partial charge in [-0.05, 0) is 6.92 Å². The summed E-state index contributed by atoms with van der Waals surface area (Å²) in [5.41, 5.74) is 0. The number of amides is 1. The molecule has 0 aliphatic rings. The Balaban J connectivity index is 2.25. The Hall–Kier alpha value is -0.830. The maximum absolute atomic E-state index is 11.7. The monoisotopic (exact) mass is 271 g/mol. The van der Waals surface area contributed by atoms with E-state index in [-0.39, 0.29) is 5.75 Å². The zero-order valence-corrected chi connectivity index (χ0v) is 9.80. The Bertz CT molecular complexity index is 366. The maximum Gasteiger partial charge on any atom is 0.405 e. The van der Waals surface area contributed by atoms with Gasteiger partial charge in [-0.3, -0.25) is 4.79 Å². The number of carbonyl (C=O) groups excluding carboxylic acids is 1. The van der Waals surface area contributed by atoms with Crippen LogP contribution in [0.25, 0.3) is 0 Å². The smallest absolute Gasteiger partial charge is 0.346 e. The molecule has 16 heavy (non-hydrogen) atoms. The topological polar surface area (TPSA) is 54.9 Å². The van der Waals surface area contributed by atoms with Crippen molar-refractivity contribution in [2.75, 3.05) is 12.3 Å². The highest BCUT2D eigenvalue weighted by molar-refractivity contribution is 8.01. The SMILES string of the molecule is Cc1nnc(SCC(=O)NCC(F)(F)F)s1. The number of carbonyl (C=O) groups is 1. The van der Waals surface area contributed by atoms with E-state index in [1.807, 2.05) is 0 Å². The molecular weight excluding hydrogens is 263 g/mol. The van der Waals surface area contributed by atoms with Crippen LogP contribution in [-0.4, -0.2) is 34.6 Å². The fourth-order valence-corrected chi connectivity index (χ4v) is 2.36. The van der Waals surface area contributed by atoms with Gasteiger partial charge in [-0.25, -0.2) is 0 Å². The van der Waals surface area contributed by atoms with Crippen LogP contribution < -0.4 is 5.32 Å². The van der Waals surface area contributed by atoms with Crippen LogP contribution in [0.2, 0.25) is 0 Å². The van der Waals surface area contributed by atoms with Gasteiger partial charge in [0.2, 0.25) is 5.91 Å². The normalized spacial score (nSPS) is 11.5. The highest BCUT2D eigenvalue weighted by Crippen LogP contribution is 2.21. The van der Waals surface area contributed by atoms with Gasteiger partial charge in [-0.1, -0.05) is 23.1 Å². The average Bonchev–Trinajstić information content (AvgIpc) is 2.57. The molecule has 0 aliphatic heterocycles. The lowest BCUT2D eigenvalue weighted by atomic mass is 10.6. The van der Waals surface area contributed by atoms with Crippen molar-refractivity contribution in [1.29, 1.82) is 0 Å². The van der Waals surface area contributed by atoms with E-state index in [1.165, 1.54) is 11.3 Å². The molecule has 1 amide bonds. The molecule has 0 bridgehead atoms. The summed E-state index contributed by atoms with van der Waals surface area (Å²) in [7, 11) is 0. The van der Waals surface area contributed by atoms with Crippen molar-refractivity contribution in [1.82, 2.24) is 15.5 Å². The number of rotatable bonds is 4. The Morgan fingerprint density at radius 2 is 2.19 bits per heavy atom. The van der Waals surface area contributed by atoms with E-state index in [4.69, 9.17) is 0 Å². The lowest BCUT2D eigenvalue weighted by Crippen LogP contribution is -2.34. The second kappa shape index (κ2) is 5.48. The number of nitrogens with zero attached hydrogens (tertiary/aromatic N) is 2. The third kappa shape index (κ3) is 5.31. The number of hydrogen-bond acceptors (Lipinski definition) is 5. The molecule has 0 unspecified atom stereocenters. The molecule has 90 valence electrons. The van der Waals surface area contributed by atoms with Crippen LogP contribution in [0, 0.1) is 6.92 Å². The van der Waals surface area contributed by atoms with Crippen molar-refractivity contribution in [2.24, 2.45) is 0 Å². The van der Waals surface area contributed by atoms with Gasteiger partial charge in [0.25, 0.3) is 0 Å². The molecule has 0 atom stereocenters. The van der Waals surface area contributed by atoms with Crippen molar-refractivity contribution in [3.05, 3.63) is 5.01 Å².